The van der Waals surface area contributed by atoms with Gasteiger partial charge >= 0.3 is 5.97 Å². The van der Waals surface area contributed by atoms with Crippen LogP contribution in [0.1, 0.15) is 265 Å². The quantitative estimate of drug-likeness (QED) is 0.0321. The lowest BCUT2D eigenvalue weighted by Crippen LogP contribution is -2.46. The first-order valence-corrected chi connectivity index (χ1v) is 27.1. The molecule has 0 aromatic rings. The number of esters is 1. The molecule has 366 valence electrons. The SMILES string of the molecule is CCCCC/C=C/C=C/CCCCCCC(CC(=O)NC(CO)C(O)CCCCCCCCCCCCCCC)OC(=O)CCCCCCC/C=C/C=C/C=C/CCCCCCC. The predicted molar refractivity (Wildman–Crippen MR) is 273 cm³/mol. The minimum Gasteiger partial charge on any atom is -0.462 e. The Hall–Kier alpha value is -2.44. The molecular weight excluding hydrogens is 779 g/mol. The topological polar surface area (TPSA) is 95.9 Å². The summed E-state index contributed by atoms with van der Waals surface area (Å²) in [5.41, 5.74) is 0. The number of amides is 1. The Bertz CT molecular complexity index is 1130. The Labute approximate surface area is 390 Å². The lowest BCUT2D eigenvalue weighted by molar-refractivity contribution is -0.151. The van der Waals surface area contributed by atoms with Gasteiger partial charge in [0.15, 0.2) is 0 Å². The molecule has 63 heavy (non-hydrogen) atoms. The molecule has 3 unspecified atom stereocenters. The first-order chi connectivity index (χ1) is 31.0. The first kappa shape index (κ1) is 60.6. The van der Waals surface area contributed by atoms with E-state index >= 15 is 0 Å². The summed E-state index contributed by atoms with van der Waals surface area (Å²) in [6.07, 6.45) is 62.7. The zero-order chi connectivity index (χ0) is 45.9. The Morgan fingerprint density at radius 2 is 0.810 bits per heavy atom. The van der Waals surface area contributed by atoms with E-state index in [1.165, 1.54) is 122 Å². The van der Waals surface area contributed by atoms with E-state index in [0.29, 0.717) is 19.3 Å². The second-order valence-electron chi connectivity index (χ2n) is 18.4. The summed E-state index contributed by atoms with van der Waals surface area (Å²) in [6, 6.07) is -0.714. The largest absolute Gasteiger partial charge is 0.462 e. The van der Waals surface area contributed by atoms with Crippen molar-refractivity contribution in [3.63, 3.8) is 0 Å². The monoisotopic (exact) mass is 882 g/mol. The molecule has 0 radical (unpaired) electrons. The number of carbonyl (C=O) groups is 2. The van der Waals surface area contributed by atoms with Crippen molar-refractivity contribution < 1.29 is 24.5 Å². The van der Waals surface area contributed by atoms with E-state index in [-0.39, 0.29) is 24.9 Å². The molecule has 0 rings (SSSR count). The molecule has 1 amide bonds. The average molecular weight is 882 g/mol. The molecule has 0 aliphatic heterocycles. The van der Waals surface area contributed by atoms with Crippen LogP contribution in [0.2, 0.25) is 0 Å². The summed E-state index contributed by atoms with van der Waals surface area (Å²) in [5.74, 6) is -0.513. The highest BCUT2D eigenvalue weighted by molar-refractivity contribution is 5.77. The van der Waals surface area contributed by atoms with Crippen molar-refractivity contribution in [1.29, 1.82) is 0 Å². The summed E-state index contributed by atoms with van der Waals surface area (Å²) in [6.45, 7) is 6.43. The van der Waals surface area contributed by atoms with Gasteiger partial charge in [0.1, 0.15) is 6.10 Å². The van der Waals surface area contributed by atoms with Gasteiger partial charge in [-0.25, -0.2) is 0 Å². The van der Waals surface area contributed by atoms with Crippen LogP contribution in [0.15, 0.2) is 60.8 Å². The molecule has 0 saturated carbocycles. The van der Waals surface area contributed by atoms with Crippen molar-refractivity contribution >= 4 is 11.9 Å². The van der Waals surface area contributed by atoms with Crippen molar-refractivity contribution in [1.82, 2.24) is 5.32 Å². The molecule has 0 aromatic heterocycles. The van der Waals surface area contributed by atoms with Crippen LogP contribution in [-0.4, -0.2) is 46.9 Å². The number of aliphatic hydroxyl groups is 2. The van der Waals surface area contributed by atoms with E-state index < -0.39 is 18.2 Å². The third kappa shape index (κ3) is 45.9. The Morgan fingerprint density at radius 3 is 1.25 bits per heavy atom. The van der Waals surface area contributed by atoms with Gasteiger partial charge in [-0.05, 0) is 77.0 Å². The number of rotatable bonds is 48. The van der Waals surface area contributed by atoms with Crippen LogP contribution < -0.4 is 5.32 Å². The van der Waals surface area contributed by atoms with Crippen LogP contribution in [-0.2, 0) is 14.3 Å². The summed E-state index contributed by atoms with van der Waals surface area (Å²) in [4.78, 5) is 26.2. The van der Waals surface area contributed by atoms with Crippen LogP contribution in [0, 0.1) is 0 Å². The minimum absolute atomic E-state index is 0.0547. The number of ether oxygens (including phenoxy) is 1. The van der Waals surface area contributed by atoms with Gasteiger partial charge in [0.25, 0.3) is 0 Å². The van der Waals surface area contributed by atoms with E-state index in [2.05, 4.69) is 86.8 Å². The van der Waals surface area contributed by atoms with Crippen molar-refractivity contribution in [2.45, 2.75) is 283 Å². The number of allylic oxidation sites excluding steroid dienone is 10. The number of hydrogen-bond donors (Lipinski definition) is 3. The maximum atomic E-state index is 13.2. The fourth-order valence-electron chi connectivity index (χ4n) is 8.01. The van der Waals surface area contributed by atoms with Gasteiger partial charge < -0.3 is 20.3 Å². The molecular formula is C57H103NO5. The van der Waals surface area contributed by atoms with Gasteiger partial charge in [0.2, 0.25) is 5.91 Å². The molecule has 0 saturated heterocycles. The van der Waals surface area contributed by atoms with Gasteiger partial charge in [0.05, 0.1) is 25.2 Å². The highest BCUT2D eigenvalue weighted by atomic mass is 16.5. The molecule has 0 aromatic carbocycles. The third-order valence-corrected chi connectivity index (χ3v) is 12.2. The van der Waals surface area contributed by atoms with Gasteiger partial charge in [-0.3, -0.25) is 9.59 Å². The second kappa shape index (κ2) is 50.6. The van der Waals surface area contributed by atoms with Crippen LogP contribution in [0.3, 0.4) is 0 Å². The Kier molecular flexibility index (Phi) is 48.6. The second-order valence-corrected chi connectivity index (χ2v) is 18.4. The van der Waals surface area contributed by atoms with Crippen LogP contribution >= 0.6 is 0 Å². The van der Waals surface area contributed by atoms with Crippen LogP contribution in [0.25, 0.3) is 0 Å². The highest BCUT2D eigenvalue weighted by Gasteiger charge is 2.24. The van der Waals surface area contributed by atoms with Gasteiger partial charge in [0, 0.05) is 6.42 Å². The standard InChI is InChI=1S/C57H103NO5/c1-4-7-10-13-16-19-22-25-26-27-28-29-32-35-38-41-44-47-50-57(62)63-53(48-45-42-39-36-33-30-23-20-17-14-11-8-5-2)51-56(61)58-54(52-59)55(60)49-46-43-40-37-34-31-24-21-18-15-12-9-6-3/h17,20,22-23,25-30,53-55,59-60H,4-16,18-19,21,24,31-52H2,1-3H3,(H,58,61)/b20-17+,25-22+,27-26+,29-28+,30-23+. The van der Waals surface area contributed by atoms with Crippen LogP contribution in [0.4, 0.5) is 0 Å². The maximum absolute atomic E-state index is 13.2. The fourth-order valence-corrected chi connectivity index (χ4v) is 8.01. The molecule has 6 heteroatoms. The van der Waals surface area contributed by atoms with Crippen molar-refractivity contribution in [3.05, 3.63) is 60.8 Å². The lowest BCUT2D eigenvalue weighted by Gasteiger charge is -2.24. The molecule has 0 aliphatic carbocycles. The molecule has 0 fully saturated rings. The zero-order valence-corrected chi connectivity index (χ0v) is 41.7. The van der Waals surface area contributed by atoms with Gasteiger partial charge in [-0.2, -0.15) is 0 Å². The number of carbonyl (C=O) groups excluding carboxylic acids is 2. The summed E-state index contributed by atoms with van der Waals surface area (Å²) in [5, 5.41) is 23.8. The molecule has 0 spiro atoms. The van der Waals surface area contributed by atoms with E-state index in [9.17, 15) is 19.8 Å². The molecule has 6 nitrogen and oxygen atoms in total. The lowest BCUT2D eigenvalue weighted by atomic mass is 10.0. The van der Waals surface area contributed by atoms with Crippen molar-refractivity contribution in [3.8, 4) is 0 Å². The molecule has 0 heterocycles. The van der Waals surface area contributed by atoms with Gasteiger partial charge in [-0.15, -0.1) is 0 Å². The zero-order valence-electron chi connectivity index (χ0n) is 41.7. The van der Waals surface area contributed by atoms with E-state index in [1.807, 2.05) is 0 Å². The van der Waals surface area contributed by atoms with E-state index in [1.54, 1.807) is 0 Å². The fraction of sp³-hybridized carbons (Fsp3) is 0.789. The first-order valence-electron chi connectivity index (χ1n) is 27.1. The van der Waals surface area contributed by atoms with E-state index in [0.717, 1.165) is 96.3 Å². The van der Waals surface area contributed by atoms with Crippen LogP contribution in [0.5, 0.6) is 0 Å². The summed E-state index contributed by atoms with van der Waals surface area (Å²) >= 11 is 0. The highest BCUT2D eigenvalue weighted by Crippen LogP contribution is 2.17. The third-order valence-electron chi connectivity index (χ3n) is 12.2. The van der Waals surface area contributed by atoms with E-state index in [4.69, 9.17) is 4.74 Å². The molecule has 3 atom stereocenters. The van der Waals surface area contributed by atoms with Gasteiger partial charge in [-0.1, -0.05) is 236 Å². The minimum atomic E-state index is -0.798. The predicted octanol–water partition coefficient (Wildman–Crippen LogP) is 16.4. The number of nitrogens with one attached hydrogen (secondary N) is 1. The maximum Gasteiger partial charge on any atom is 0.306 e. The Balaban J connectivity index is 4.62. The Morgan fingerprint density at radius 1 is 0.460 bits per heavy atom. The summed E-state index contributed by atoms with van der Waals surface area (Å²) < 4.78 is 5.93. The molecule has 3 N–H and O–H groups in total. The smallest absolute Gasteiger partial charge is 0.306 e. The van der Waals surface area contributed by atoms with Crippen molar-refractivity contribution in [2.75, 3.05) is 6.61 Å². The molecule has 0 aliphatic rings. The normalized spacial score (nSPS) is 13.7. The van der Waals surface area contributed by atoms with Crippen molar-refractivity contribution in [2.24, 2.45) is 0 Å². The average Bonchev–Trinajstić information content (AvgIpc) is 3.28. The number of unbranched alkanes of at least 4 members (excludes halogenated alkanes) is 29. The number of aliphatic hydroxyl groups excluding tert-OH is 2. The summed E-state index contributed by atoms with van der Waals surface area (Å²) in [7, 11) is 0. The number of hydrogen-bond acceptors (Lipinski definition) is 5. The molecule has 0 bridgehead atoms.